The number of amides is 1. The first-order chi connectivity index (χ1) is 17.0. The lowest BCUT2D eigenvalue weighted by atomic mass is 9.96. The Morgan fingerprint density at radius 3 is 2.74 bits per heavy atom. The molecule has 3 heterocycles. The Balaban J connectivity index is 1.44. The van der Waals surface area contributed by atoms with Gasteiger partial charge in [-0.2, -0.15) is 0 Å². The third-order valence-corrected chi connectivity index (χ3v) is 6.61. The normalized spacial score (nSPS) is 15.8. The molecule has 7 heteroatoms. The molecule has 35 heavy (non-hydrogen) atoms. The van der Waals surface area contributed by atoms with E-state index in [0.29, 0.717) is 36.6 Å². The van der Waals surface area contributed by atoms with Crippen LogP contribution in [0.1, 0.15) is 29.5 Å². The number of hydrogen-bond donors (Lipinski definition) is 1. The lowest BCUT2D eigenvalue weighted by Crippen LogP contribution is -2.44. The van der Waals surface area contributed by atoms with Crippen LogP contribution in [0.25, 0.3) is 11.2 Å². The first-order valence-electron chi connectivity index (χ1n) is 12.0. The number of pyridine rings is 1. The van der Waals surface area contributed by atoms with Gasteiger partial charge in [0.2, 0.25) is 5.91 Å². The highest BCUT2D eigenvalue weighted by molar-refractivity contribution is 5.93. The Morgan fingerprint density at radius 1 is 1.09 bits per heavy atom. The lowest BCUT2D eigenvalue weighted by Gasteiger charge is -2.33. The van der Waals surface area contributed by atoms with Crippen molar-refractivity contribution in [3.63, 3.8) is 0 Å². The average molecular weight is 468 g/mol. The number of fused-ring (bicyclic) bond motifs is 1. The van der Waals surface area contributed by atoms with E-state index in [1.165, 1.54) is 0 Å². The molecular weight excluding hydrogens is 438 g/mol. The quantitative estimate of drug-likeness (QED) is 0.473. The maximum absolute atomic E-state index is 13.7. The van der Waals surface area contributed by atoms with E-state index >= 15 is 0 Å². The third-order valence-electron chi connectivity index (χ3n) is 6.61. The monoisotopic (exact) mass is 467 g/mol. The molecule has 1 fully saturated rings. The van der Waals surface area contributed by atoms with Crippen LogP contribution in [-0.2, 0) is 11.3 Å². The number of anilines is 2. The largest absolute Gasteiger partial charge is 0.351 e. The molecule has 0 radical (unpaired) electrons. The van der Waals surface area contributed by atoms with Crippen LogP contribution < -0.4 is 15.8 Å². The van der Waals surface area contributed by atoms with Gasteiger partial charge in [-0.05, 0) is 61.6 Å². The number of aromatic nitrogens is 3. The molecule has 0 saturated carbocycles. The van der Waals surface area contributed by atoms with E-state index in [-0.39, 0.29) is 17.4 Å². The SMILES string of the molecule is Cc1ccc(C)c(NC(=O)[C@H]2CCCN(c3nc4cccnc4n(Cc4ccccc4)c3=O)C2)c1. The van der Waals surface area contributed by atoms with Crippen LogP contribution in [0.4, 0.5) is 11.5 Å². The second-order valence-electron chi connectivity index (χ2n) is 9.25. The molecule has 2 aromatic heterocycles. The van der Waals surface area contributed by atoms with Crippen molar-refractivity contribution in [1.29, 1.82) is 0 Å². The Morgan fingerprint density at radius 2 is 1.91 bits per heavy atom. The molecule has 0 unspecified atom stereocenters. The first kappa shape index (κ1) is 22.8. The molecule has 0 spiro atoms. The Labute approximate surface area is 204 Å². The summed E-state index contributed by atoms with van der Waals surface area (Å²) >= 11 is 0. The summed E-state index contributed by atoms with van der Waals surface area (Å²) in [7, 11) is 0. The number of benzene rings is 2. The first-order valence-corrected chi connectivity index (χ1v) is 12.0. The van der Waals surface area contributed by atoms with Crippen LogP contribution in [-0.4, -0.2) is 33.5 Å². The Kier molecular flexibility index (Phi) is 6.31. The summed E-state index contributed by atoms with van der Waals surface area (Å²) in [5.41, 5.74) is 5.03. The summed E-state index contributed by atoms with van der Waals surface area (Å²) < 4.78 is 1.69. The highest BCUT2D eigenvalue weighted by Crippen LogP contribution is 2.24. The summed E-state index contributed by atoms with van der Waals surface area (Å²) in [5.74, 6) is 0.137. The summed E-state index contributed by atoms with van der Waals surface area (Å²) in [4.78, 5) is 37.9. The molecule has 5 rings (SSSR count). The van der Waals surface area contributed by atoms with Crippen LogP contribution in [0.3, 0.4) is 0 Å². The van der Waals surface area contributed by atoms with Gasteiger partial charge in [-0.15, -0.1) is 0 Å². The highest BCUT2D eigenvalue weighted by atomic mass is 16.2. The van der Waals surface area contributed by atoms with E-state index in [1.54, 1.807) is 10.8 Å². The minimum Gasteiger partial charge on any atom is -0.351 e. The van der Waals surface area contributed by atoms with E-state index in [4.69, 9.17) is 4.98 Å². The highest BCUT2D eigenvalue weighted by Gasteiger charge is 2.29. The van der Waals surface area contributed by atoms with Crippen molar-refractivity contribution in [2.75, 3.05) is 23.3 Å². The van der Waals surface area contributed by atoms with E-state index in [2.05, 4.69) is 10.3 Å². The maximum Gasteiger partial charge on any atom is 0.295 e. The van der Waals surface area contributed by atoms with E-state index in [1.807, 2.05) is 79.4 Å². The van der Waals surface area contributed by atoms with Crippen molar-refractivity contribution in [3.05, 3.63) is 93.9 Å². The van der Waals surface area contributed by atoms with E-state index in [9.17, 15) is 9.59 Å². The summed E-state index contributed by atoms with van der Waals surface area (Å²) in [6.45, 7) is 5.55. The van der Waals surface area contributed by atoms with Crippen LogP contribution in [0.15, 0.2) is 71.7 Å². The van der Waals surface area contributed by atoms with Gasteiger partial charge in [0.1, 0.15) is 5.52 Å². The fraction of sp³-hybridized carbons (Fsp3) is 0.286. The molecule has 178 valence electrons. The zero-order valence-corrected chi connectivity index (χ0v) is 20.1. The fourth-order valence-electron chi connectivity index (χ4n) is 4.67. The minimum atomic E-state index is -0.225. The number of nitrogens with zero attached hydrogens (tertiary/aromatic N) is 4. The maximum atomic E-state index is 13.7. The zero-order chi connectivity index (χ0) is 24.4. The van der Waals surface area contributed by atoms with Crippen LogP contribution in [0.5, 0.6) is 0 Å². The average Bonchev–Trinajstić information content (AvgIpc) is 2.88. The minimum absolute atomic E-state index is 0.0181. The molecule has 2 aromatic carbocycles. The molecule has 1 aliphatic rings. The third kappa shape index (κ3) is 4.80. The van der Waals surface area contributed by atoms with Crippen molar-refractivity contribution in [2.45, 2.75) is 33.2 Å². The van der Waals surface area contributed by atoms with Gasteiger partial charge in [0.05, 0.1) is 12.5 Å². The summed E-state index contributed by atoms with van der Waals surface area (Å²) in [5, 5.41) is 3.10. The van der Waals surface area contributed by atoms with Crippen LogP contribution in [0.2, 0.25) is 0 Å². The van der Waals surface area contributed by atoms with Gasteiger partial charge < -0.3 is 10.2 Å². The number of rotatable bonds is 5. The number of nitrogens with one attached hydrogen (secondary N) is 1. The number of hydrogen-bond acceptors (Lipinski definition) is 5. The van der Waals surface area contributed by atoms with Crippen molar-refractivity contribution < 1.29 is 4.79 Å². The van der Waals surface area contributed by atoms with Crippen molar-refractivity contribution in [3.8, 4) is 0 Å². The van der Waals surface area contributed by atoms with Gasteiger partial charge >= 0.3 is 0 Å². The van der Waals surface area contributed by atoms with Gasteiger partial charge in [0.25, 0.3) is 5.56 Å². The summed E-state index contributed by atoms with van der Waals surface area (Å²) in [6, 6.07) is 19.6. The zero-order valence-electron chi connectivity index (χ0n) is 20.1. The number of carbonyl (C=O) groups is 1. The Hall–Kier alpha value is -4.00. The van der Waals surface area contributed by atoms with Crippen molar-refractivity contribution in [1.82, 2.24) is 14.5 Å². The fourth-order valence-corrected chi connectivity index (χ4v) is 4.67. The topological polar surface area (TPSA) is 80.1 Å². The predicted molar refractivity (Wildman–Crippen MR) is 139 cm³/mol. The molecular formula is C28H29N5O2. The van der Waals surface area contributed by atoms with Crippen LogP contribution >= 0.6 is 0 Å². The smallest absolute Gasteiger partial charge is 0.295 e. The second-order valence-corrected chi connectivity index (χ2v) is 9.25. The van der Waals surface area contributed by atoms with Gasteiger partial charge in [-0.3, -0.25) is 14.2 Å². The van der Waals surface area contributed by atoms with Crippen molar-refractivity contribution >= 4 is 28.6 Å². The molecule has 1 saturated heterocycles. The molecule has 1 aliphatic heterocycles. The number of piperidine rings is 1. The van der Waals surface area contributed by atoms with Gasteiger partial charge in [0.15, 0.2) is 11.5 Å². The van der Waals surface area contributed by atoms with Gasteiger partial charge in [-0.25, -0.2) is 9.97 Å². The molecule has 0 aliphatic carbocycles. The second kappa shape index (κ2) is 9.70. The molecule has 4 aromatic rings. The molecule has 1 amide bonds. The number of carbonyl (C=O) groups excluding carboxylic acids is 1. The lowest BCUT2D eigenvalue weighted by molar-refractivity contribution is -0.120. The van der Waals surface area contributed by atoms with Gasteiger partial charge in [-0.1, -0.05) is 42.5 Å². The molecule has 1 atom stereocenters. The number of aryl methyl sites for hydroxylation is 2. The van der Waals surface area contributed by atoms with E-state index in [0.717, 1.165) is 35.2 Å². The van der Waals surface area contributed by atoms with Crippen LogP contribution in [0, 0.1) is 19.8 Å². The molecule has 1 N–H and O–H groups in total. The Bertz CT molecular complexity index is 1430. The van der Waals surface area contributed by atoms with Crippen molar-refractivity contribution in [2.24, 2.45) is 5.92 Å². The predicted octanol–water partition coefficient (Wildman–Crippen LogP) is 4.31. The van der Waals surface area contributed by atoms with E-state index < -0.39 is 0 Å². The van der Waals surface area contributed by atoms with Gasteiger partial charge in [0, 0.05) is 25.0 Å². The standard InChI is InChI=1S/C28H29N5O2/c1-19-12-13-20(2)24(16-19)31-27(34)22-10-7-15-32(18-22)26-28(35)33(17-21-8-4-3-5-9-21)25-23(30-26)11-6-14-29-25/h3-6,8-9,11-14,16,22H,7,10,15,17-18H2,1-2H3,(H,31,34)/t22-/m0/s1. The molecule has 0 bridgehead atoms. The molecule has 7 nitrogen and oxygen atoms in total. The summed E-state index contributed by atoms with van der Waals surface area (Å²) in [6.07, 6.45) is 3.27.